The lowest BCUT2D eigenvalue weighted by Crippen LogP contribution is -2.31. The third kappa shape index (κ3) is 2.69. The van der Waals surface area contributed by atoms with Crippen molar-refractivity contribution in [3.63, 3.8) is 0 Å². The Morgan fingerprint density at radius 2 is 1.89 bits per heavy atom. The standard InChI is InChI=1S/C16H24O2/c1-3-13-9-11-16(17,12-10-13)14-7-5-6-8-15(14)18-4-2/h5-8,13,17H,3-4,9-12H2,1-2H3. The van der Waals surface area contributed by atoms with E-state index in [1.54, 1.807) is 0 Å². The molecule has 1 aromatic carbocycles. The van der Waals surface area contributed by atoms with Crippen molar-refractivity contribution in [3.05, 3.63) is 29.8 Å². The van der Waals surface area contributed by atoms with Crippen LogP contribution >= 0.6 is 0 Å². The Morgan fingerprint density at radius 1 is 1.22 bits per heavy atom. The molecule has 0 radical (unpaired) electrons. The minimum absolute atomic E-state index is 0.644. The fourth-order valence-corrected chi connectivity index (χ4v) is 2.97. The Kier molecular flexibility index (Phi) is 4.28. The lowest BCUT2D eigenvalue weighted by atomic mass is 9.74. The first-order valence-electron chi connectivity index (χ1n) is 7.14. The Hall–Kier alpha value is -1.02. The van der Waals surface area contributed by atoms with Crippen molar-refractivity contribution in [2.45, 2.75) is 51.6 Å². The van der Waals surface area contributed by atoms with Gasteiger partial charge in [-0.05, 0) is 44.6 Å². The lowest BCUT2D eigenvalue weighted by Gasteiger charge is -2.37. The van der Waals surface area contributed by atoms with Crippen molar-refractivity contribution in [1.82, 2.24) is 0 Å². The maximum Gasteiger partial charge on any atom is 0.125 e. The van der Waals surface area contributed by atoms with E-state index >= 15 is 0 Å². The zero-order valence-corrected chi connectivity index (χ0v) is 11.5. The Bertz CT molecular complexity index is 378. The number of rotatable bonds is 4. The van der Waals surface area contributed by atoms with Crippen LogP contribution in [0, 0.1) is 5.92 Å². The minimum Gasteiger partial charge on any atom is -0.493 e. The second-order valence-electron chi connectivity index (χ2n) is 5.31. The molecule has 1 saturated carbocycles. The second-order valence-corrected chi connectivity index (χ2v) is 5.31. The van der Waals surface area contributed by atoms with Gasteiger partial charge in [0.25, 0.3) is 0 Å². The predicted molar refractivity (Wildman–Crippen MR) is 73.8 cm³/mol. The van der Waals surface area contributed by atoms with Crippen LogP contribution in [0.15, 0.2) is 24.3 Å². The van der Waals surface area contributed by atoms with Crippen molar-refractivity contribution >= 4 is 0 Å². The molecule has 0 saturated heterocycles. The summed E-state index contributed by atoms with van der Waals surface area (Å²) >= 11 is 0. The smallest absolute Gasteiger partial charge is 0.125 e. The van der Waals surface area contributed by atoms with Crippen LogP contribution in [0.25, 0.3) is 0 Å². The fraction of sp³-hybridized carbons (Fsp3) is 0.625. The zero-order valence-electron chi connectivity index (χ0n) is 11.5. The van der Waals surface area contributed by atoms with Crippen LogP contribution in [-0.4, -0.2) is 11.7 Å². The summed E-state index contributed by atoms with van der Waals surface area (Å²) in [6, 6.07) is 7.93. The summed E-state index contributed by atoms with van der Waals surface area (Å²) in [6.07, 6.45) is 5.18. The van der Waals surface area contributed by atoms with E-state index < -0.39 is 5.60 Å². The van der Waals surface area contributed by atoms with Crippen molar-refractivity contribution in [1.29, 1.82) is 0 Å². The summed E-state index contributed by atoms with van der Waals surface area (Å²) in [6.45, 7) is 4.86. The molecule has 1 N–H and O–H groups in total. The molecule has 1 fully saturated rings. The number of benzene rings is 1. The van der Waals surface area contributed by atoms with E-state index in [0.29, 0.717) is 6.61 Å². The largest absolute Gasteiger partial charge is 0.493 e. The summed E-state index contributed by atoms with van der Waals surface area (Å²) in [4.78, 5) is 0. The number of para-hydroxylation sites is 1. The molecule has 0 unspecified atom stereocenters. The average molecular weight is 248 g/mol. The molecule has 0 atom stereocenters. The molecule has 1 aliphatic carbocycles. The van der Waals surface area contributed by atoms with Crippen LogP contribution in [0.1, 0.15) is 51.5 Å². The first kappa shape index (κ1) is 13.4. The van der Waals surface area contributed by atoms with Gasteiger partial charge in [0.15, 0.2) is 0 Å². The van der Waals surface area contributed by atoms with Gasteiger partial charge in [-0.1, -0.05) is 31.5 Å². The van der Waals surface area contributed by atoms with Gasteiger partial charge >= 0.3 is 0 Å². The minimum atomic E-state index is -0.683. The van der Waals surface area contributed by atoms with Crippen LogP contribution in [-0.2, 0) is 5.60 Å². The highest BCUT2D eigenvalue weighted by atomic mass is 16.5. The van der Waals surface area contributed by atoms with E-state index in [-0.39, 0.29) is 0 Å². The van der Waals surface area contributed by atoms with E-state index in [4.69, 9.17) is 4.74 Å². The summed E-state index contributed by atoms with van der Waals surface area (Å²) in [5, 5.41) is 10.9. The van der Waals surface area contributed by atoms with Crippen molar-refractivity contribution in [2.24, 2.45) is 5.92 Å². The zero-order chi connectivity index (χ0) is 13.0. The van der Waals surface area contributed by atoms with Crippen molar-refractivity contribution in [2.75, 3.05) is 6.61 Å². The summed E-state index contributed by atoms with van der Waals surface area (Å²) in [5.41, 5.74) is 0.290. The maximum absolute atomic E-state index is 10.9. The quantitative estimate of drug-likeness (QED) is 0.876. The number of hydrogen-bond acceptors (Lipinski definition) is 2. The SMILES string of the molecule is CCOc1ccccc1C1(O)CCC(CC)CC1. The van der Waals surface area contributed by atoms with Gasteiger partial charge in [0, 0.05) is 5.56 Å². The second kappa shape index (κ2) is 5.75. The molecule has 0 bridgehead atoms. The van der Waals surface area contributed by atoms with Crippen molar-refractivity contribution in [3.8, 4) is 5.75 Å². The van der Waals surface area contributed by atoms with E-state index in [9.17, 15) is 5.11 Å². The Morgan fingerprint density at radius 3 is 2.50 bits per heavy atom. The number of hydrogen-bond donors (Lipinski definition) is 1. The highest BCUT2D eigenvalue weighted by molar-refractivity contribution is 5.38. The van der Waals surface area contributed by atoms with Gasteiger partial charge in [0.1, 0.15) is 5.75 Å². The van der Waals surface area contributed by atoms with Gasteiger partial charge in [0.05, 0.1) is 12.2 Å². The van der Waals surface area contributed by atoms with Gasteiger partial charge in [0.2, 0.25) is 0 Å². The van der Waals surface area contributed by atoms with Gasteiger partial charge in [-0.2, -0.15) is 0 Å². The summed E-state index contributed by atoms with van der Waals surface area (Å²) in [5.74, 6) is 1.63. The third-order valence-electron chi connectivity index (χ3n) is 4.20. The molecule has 0 aliphatic heterocycles. The Balaban J connectivity index is 2.20. The van der Waals surface area contributed by atoms with Gasteiger partial charge in [-0.3, -0.25) is 0 Å². The molecule has 18 heavy (non-hydrogen) atoms. The molecule has 2 heteroatoms. The van der Waals surface area contributed by atoms with Gasteiger partial charge in [-0.15, -0.1) is 0 Å². The molecule has 2 rings (SSSR count). The first-order chi connectivity index (χ1) is 8.69. The third-order valence-corrected chi connectivity index (χ3v) is 4.20. The first-order valence-corrected chi connectivity index (χ1v) is 7.14. The van der Waals surface area contributed by atoms with E-state index in [1.807, 2.05) is 31.2 Å². The van der Waals surface area contributed by atoms with Crippen molar-refractivity contribution < 1.29 is 9.84 Å². The highest BCUT2D eigenvalue weighted by Crippen LogP contribution is 2.43. The van der Waals surface area contributed by atoms with E-state index in [2.05, 4.69) is 6.92 Å². The molecule has 1 aliphatic rings. The summed E-state index contributed by atoms with van der Waals surface area (Å²) < 4.78 is 5.65. The molecule has 0 heterocycles. The van der Waals surface area contributed by atoms with Gasteiger partial charge in [-0.25, -0.2) is 0 Å². The molecule has 0 aromatic heterocycles. The van der Waals surface area contributed by atoms with Crippen LogP contribution < -0.4 is 4.74 Å². The van der Waals surface area contributed by atoms with E-state index in [0.717, 1.165) is 42.9 Å². The molecule has 100 valence electrons. The normalized spacial score (nSPS) is 28.1. The lowest BCUT2D eigenvalue weighted by molar-refractivity contribution is -0.0166. The molecular formula is C16H24O2. The van der Waals surface area contributed by atoms with Crippen LogP contribution in [0.4, 0.5) is 0 Å². The summed E-state index contributed by atoms with van der Waals surface area (Å²) in [7, 11) is 0. The highest BCUT2D eigenvalue weighted by Gasteiger charge is 2.36. The molecular weight excluding hydrogens is 224 g/mol. The molecule has 2 nitrogen and oxygen atoms in total. The molecule has 0 spiro atoms. The van der Waals surface area contributed by atoms with Crippen LogP contribution in [0.3, 0.4) is 0 Å². The van der Waals surface area contributed by atoms with E-state index in [1.165, 1.54) is 6.42 Å². The Labute approximate surface area is 110 Å². The van der Waals surface area contributed by atoms with Crippen LogP contribution in [0.2, 0.25) is 0 Å². The molecule has 1 aromatic rings. The van der Waals surface area contributed by atoms with Gasteiger partial charge < -0.3 is 9.84 Å². The average Bonchev–Trinajstić information content (AvgIpc) is 2.41. The predicted octanol–water partition coefficient (Wildman–Crippen LogP) is 3.87. The maximum atomic E-state index is 10.9. The number of aliphatic hydroxyl groups is 1. The molecule has 0 amide bonds. The van der Waals surface area contributed by atoms with Crippen LogP contribution in [0.5, 0.6) is 5.75 Å². The fourth-order valence-electron chi connectivity index (χ4n) is 2.97. The topological polar surface area (TPSA) is 29.5 Å². The number of ether oxygens (including phenoxy) is 1. The monoisotopic (exact) mass is 248 g/mol.